The van der Waals surface area contributed by atoms with Crippen molar-refractivity contribution in [2.75, 3.05) is 37.6 Å². The molecule has 0 aliphatic carbocycles. The van der Waals surface area contributed by atoms with Crippen LogP contribution in [0.1, 0.15) is 61.4 Å². The van der Waals surface area contributed by atoms with Crippen molar-refractivity contribution in [2.24, 2.45) is 0 Å². The van der Waals surface area contributed by atoms with Gasteiger partial charge in [0.15, 0.2) is 0 Å². The van der Waals surface area contributed by atoms with Gasteiger partial charge in [0, 0.05) is 43.1 Å². The van der Waals surface area contributed by atoms with E-state index in [4.69, 9.17) is 0 Å². The van der Waals surface area contributed by atoms with Crippen LogP contribution in [0.4, 0.5) is 10.1 Å². The molecule has 0 saturated carbocycles. The molecule has 1 aliphatic heterocycles. The second-order valence-electron chi connectivity index (χ2n) is 7.68. The number of nitrogens with zero attached hydrogens (tertiary/aromatic N) is 3. The van der Waals surface area contributed by atoms with Gasteiger partial charge in [-0.2, -0.15) is 5.10 Å². The summed E-state index contributed by atoms with van der Waals surface area (Å²) in [6, 6.07) is 6.27. The summed E-state index contributed by atoms with van der Waals surface area (Å²) in [6.07, 6.45) is 0. The first-order valence-corrected chi connectivity index (χ1v) is 10.0. The van der Waals surface area contributed by atoms with Crippen LogP contribution in [0.3, 0.4) is 0 Å². The third-order valence-electron chi connectivity index (χ3n) is 5.42. The van der Waals surface area contributed by atoms with Crippen LogP contribution < -0.4 is 10.2 Å². The van der Waals surface area contributed by atoms with Gasteiger partial charge in [0.25, 0.3) is 5.91 Å². The maximum absolute atomic E-state index is 14.0. The molecule has 1 amide bonds. The van der Waals surface area contributed by atoms with Crippen molar-refractivity contribution in [3.8, 4) is 0 Å². The van der Waals surface area contributed by atoms with Gasteiger partial charge in [-0.15, -0.1) is 0 Å². The van der Waals surface area contributed by atoms with Crippen LogP contribution in [0.2, 0.25) is 0 Å². The monoisotopic (exact) mass is 387 g/mol. The van der Waals surface area contributed by atoms with Gasteiger partial charge < -0.3 is 15.1 Å². The molecule has 0 spiro atoms. The maximum atomic E-state index is 14.0. The molecule has 1 atom stereocenters. The van der Waals surface area contributed by atoms with E-state index in [0.717, 1.165) is 49.7 Å². The number of piperazine rings is 1. The summed E-state index contributed by atoms with van der Waals surface area (Å²) in [7, 11) is 0. The summed E-state index contributed by atoms with van der Waals surface area (Å²) >= 11 is 0. The van der Waals surface area contributed by atoms with E-state index in [1.54, 1.807) is 6.07 Å². The van der Waals surface area contributed by atoms with Crippen molar-refractivity contribution in [3.05, 3.63) is 47.0 Å². The minimum Gasteiger partial charge on any atom is -0.369 e. The highest BCUT2D eigenvalue weighted by Crippen LogP contribution is 2.28. The quantitative estimate of drug-likeness (QED) is 0.798. The molecule has 3 rings (SSSR count). The summed E-state index contributed by atoms with van der Waals surface area (Å²) in [5.74, 6) is -0.293. The number of carbonyl (C=O) groups is 1. The molecule has 1 saturated heterocycles. The highest BCUT2D eigenvalue weighted by atomic mass is 19.1. The molecule has 0 bridgehead atoms. The number of aromatic nitrogens is 2. The Bertz CT molecular complexity index is 811. The van der Waals surface area contributed by atoms with Crippen molar-refractivity contribution in [1.29, 1.82) is 0 Å². The van der Waals surface area contributed by atoms with Crippen molar-refractivity contribution < 1.29 is 9.18 Å². The number of halogens is 1. The van der Waals surface area contributed by atoms with E-state index < -0.39 is 0 Å². The lowest BCUT2D eigenvalue weighted by molar-refractivity contribution is 0.0934. The van der Waals surface area contributed by atoms with Crippen molar-refractivity contribution >= 4 is 11.6 Å². The van der Waals surface area contributed by atoms with E-state index in [2.05, 4.69) is 32.2 Å². The fourth-order valence-corrected chi connectivity index (χ4v) is 3.56. The highest BCUT2D eigenvalue weighted by molar-refractivity contribution is 5.92. The molecule has 2 N–H and O–H groups in total. The third-order valence-corrected chi connectivity index (χ3v) is 5.42. The summed E-state index contributed by atoms with van der Waals surface area (Å²) in [6.45, 7) is 12.9. The van der Waals surface area contributed by atoms with E-state index in [1.807, 2.05) is 26.8 Å². The van der Waals surface area contributed by atoms with Crippen LogP contribution in [-0.2, 0) is 0 Å². The molecular weight excluding hydrogens is 357 g/mol. The Labute approximate surface area is 166 Å². The first-order chi connectivity index (χ1) is 13.4. The number of hydrogen-bond donors (Lipinski definition) is 2. The van der Waals surface area contributed by atoms with E-state index in [-0.39, 0.29) is 23.7 Å². The van der Waals surface area contributed by atoms with Crippen molar-refractivity contribution in [3.63, 3.8) is 0 Å². The molecule has 0 radical (unpaired) electrons. The number of H-pyrrole nitrogens is 1. The lowest BCUT2D eigenvalue weighted by Gasteiger charge is -2.37. The molecule has 1 unspecified atom stereocenters. The van der Waals surface area contributed by atoms with Gasteiger partial charge >= 0.3 is 0 Å². The lowest BCUT2D eigenvalue weighted by atomic mass is 10.0. The van der Waals surface area contributed by atoms with Gasteiger partial charge in [-0.3, -0.25) is 9.89 Å². The summed E-state index contributed by atoms with van der Waals surface area (Å²) < 4.78 is 14.0. The minimum atomic E-state index is -0.332. The van der Waals surface area contributed by atoms with E-state index in [0.29, 0.717) is 5.69 Å². The number of nitrogens with one attached hydrogen (secondary N) is 2. The fourth-order valence-electron chi connectivity index (χ4n) is 3.56. The Morgan fingerprint density at radius 1 is 1.21 bits per heavy atom. The number of rotatable bonds is 6. The van der Waals surface area contributed by atoms with Gasteiger partial charge in [-0.1, -0.05) is 20.8 Å². The number of benzene rings is 1. The fraction of sp³-hybridized carbons (Fsp3) is 0.524. The molecule has 1 aromatic carbocycles. The van der Waals surface area contributed by atoms with Crippen LogP contribution in [0.15, 0.2) is 24.3 Å². The molecule has 1 fully saturated rings. The number of hydrogen-bond acceptors (Lipinski definition) is 4. The van der Waals surface area contributed by atoms with E-state index in [1.165, 1.54) is 12.1 Å². The molecule has 1 aromatic heterocycles. The highest BCUT2D eigenvalue weighted by Gasteiger charge is 2.23. The zero-order valence-corrected chi connectivity index (χ0v) is 17.1. The van der Waals surface area contributed by atoms with E-state index in [9.17, 15) is 9.18 Å². The number of aromatic amines is 1. The molecule has 6 nitrogen and oxygen atoms in total. The largest absolute Gasteiger partial charge is 0.369 e. The Balaban J connectivity index is 1.76. The molecule has 2 heterocycles. The van der Waals surface area contributed by atoms with Gasteiger partial charge in [0.1, 0.15) is 11.5 Å². The smallest absolute Gasteiger partial charge is 0.272 e. The Morgan fingerprint density at radius 2 is 1.93 bits per heavy atom. The van der Waals surface area contributed by atoms with Crippen LogP contribution in [-0.4, -0.2) is 53.7 Å². The third kappa shape index (κ3) is 4.52. The molecule has 1 aliphatic rings. The Hall–Kier alpha value is -2.41. The predicted octanol–water partition coefficient (Wildman–Crippen LogP) is 3.31. The van der Waals surface area contributed by atoms with Gasteiger partial charge in [-0.05, 0) is 43.7 Å². The number of likely N-dealkylation sites (N-methyl/N-ethyl adjacent to an activating group) is 1. The second-order valence-corrected chi connectivity index (χ2v) is 7.68. The topological polar surface area (TPSA) is 64.3 Å². The van der Waals surface area contributed by atoms with Crippen molar-refractivity contribution in [2.45, 2.75) is 39.7 Å². The normalized spacial score (nSPS) is 16.4. The molecule has 7 heteroatoms. The summed E-state index contributed by atoms with van der Waals surface area (Å²) in [5, 5.41) is 9.97. The first kappa shape index (κ1) is 20.3. The summed E-state index contributed by atoms with van der Waals surface area (Å²) in [5.41, 5.74) is 3.04. The predicted molar refractivity (Wildman–Crippen MR) is 109 cm³/mol. The molecule has 28 heavy (non-hydrogen) atoms. The Kier molecular flexibility index (Phi) is 6.34. The SMILES string of the molecule is CCN1CCN(c2ccc(F)cc2C(C)NC(=O)c2cc(C(C)C)[nH]n2)CC1. The second kappa shape index (κ2) is 8.73. The standard InChI is InChI=1S/C21H30FN5O/c1-5-26-8-10-27(11-9-26)20-7-6-16(22)12-17(20)15(4)23-21(28)19-13-18(14(2)3)24-25-19/h6-7,12-15H,5,8-11H2,1-4H3,(H,23,28)(H,24,25). The van der Waals surface area contributed by atoms with Gasteiger partial charge in [-0.25, -0.2) is 4.39 Å². The lowest BCUT2D eigenvalue weighted by Crippen LogP contribution is -2.46. The maximum Gasteiger partial charge on any atom is 0.272 e. The van der Waals surface area contributed by atoms with Crippen LogP contribution >= 0.6 is 0 Å². The van der Waals surface area contributed by atoms with Gasteiger partial charge in [0.2, 0.25) is 0 Å². The summed E-state index contributed by atoms with van der Waals surface area (Å²) in [4.78, 5) is 17.3. The average molecular weight is 388 g/mol. The van der Waals surface area contributed by atoms with E-state index >= 15 is 0 Å². The van der Waals surface area contributed by atoms with Crippen LogP contribution in [0, 0.1) is 5.82 Å². The zero-order valence-electron chi connectivity index (χ0n) is 17.1. The molecule has 152 valence electrons. The number of amides is 1. The zero-order chi connectivity index (χ0) is 20.3. The van der Waals surface area contributed by atoms with Gasteiger partial charge in [0.05, 0.1) is 6.04 Å². The Morgan fingerprint density at radius 3 is 2.54 bits per heavy atom. The number of anilines is 1. The number of carbonyl (C=O) groups excluding carboxylic acids is 1. The van der Waals surface area contributed by atoms with Crippen LogP contribution in [0.5, 0.6) is 0 Å². The molecule has 2 aromatic rings. The van der Waals surface area contributed by atoms with Crippen molar-refractivity contribution in [1.82, 2.24) is 20.4 Å². The van der Waals surface area contributed by atoms with Crippen LogP contribution in [0.25, 0.3) is 0 Å². The average Bonchev–Trinajstić information content (AvgIpc) is 3.19. The molecular formula is C21H30FN5O. The minimum absolute atomic E-state index is 0.262. The first-order valence-electron chi connectivity index (χ1n) is 10.0.